The van der Waals surface area contributed by atoms with Crippen molar-refractivity contribution in [2.75, 3.05) is 40.4 Å². The van der Waals surface area contributed by atoms with Crippen LogP contribution in [-0.2, 0) is 13.1 Å². The van der Waals surface area contributed by atoms with Crippen LogP contribution in [0.25, 0.3) is 0 Å². The third-order valence-electron chi connectivity index (χ3n) is 4.29. The van der Waals surface area contributed by atoms with Crippen LogP contribution >= 0.6 is 0 Å². The Labute approximate surface area is 143 Å². The highest BCUT2D eigenvalue weighted by Gasteiger charge is 2.17. The van der Waals surface area contributed by atoms with Crippen molar-refractivity contribution in [1.82, 2.24) is 19.8 Å². The Kier molecular flexibility index (Phi) is 5.61. The monoisotopic (exact) mass is 328 g/mol. The van der Waals surface area contributed by atoms with Crippen LogP contribution < -0.4 is 9.47 Å². The fourth-order valence-corrected chi connectivity index (χ4v) is 2.87. The molecule has 3 heterocycles. The summed E-state index contributed by atoms with van der Waals surface area (Å²) in [5.74, 6) is 1.33. The lowest BCUT2D eigenvalue weighted by Gasteiger charge is -2.34. The summed E-state index contributed by atoms with van der Waals surface area (Å²) < 4.78 is 10.2. The van der Waals surface area contributed by atoms with Crippen molar-refractivity contribution in [3.05, 3.63) is 47.8 Å². The summed E-state index contributed by atoms with van der Waals surface area (Å²) in [5, 5.41) is 0. The highest BCUT2D eigenvalue weighted by Crippen LogP contribution is 2.14. The fourth-order valence-electron chi connectivity index (χ4n) is 2.87. The molecule has 0 saturated carbocycles. The van der Waals surface area contributed by atoms with E-state index in [2.05, 4.69) is 31.9 Å². The third-order valence-corrected chi connectivity index (χ3v) is 4.29. The molecule has 0 amide bonds. The molecule has 1 aliphatic rings. The molecule has 1 saturated heterocycles. The van der Waals surface area contributed by atoms with Crippen molar-refractivity contribution in [1.29, 1.82) is 0 Å². The maximum Gasteiger partial charge on any atom is 0.212 e. The van der Waals surface area contributed by atoms with E-state index in [-0.39, 0.29) is 0 Å². The zero-order valence-electron chi connectivity index (χ0n) is 14.3. The van der Waals surface area contributed by atoms with Gasteiger partial charge in [-0.05, 0) is 11.1 Å². The Balaban J connectivity index is 1.46. The summed E-state index contributed by atoms with van der Waals surface area (Å²) in [7, 11) is 3.28. The largest absolute Gasteiger partial charge is 0.481 e. The first-order valence-corrected chi connectivity index (χ1v) is 8.19. The van der Waals surface area contributed by atoms with Crippen LogP contribution in [0.15, 0.2) is 36.7 Å². The number of hydrogen-bond acceptors (Lipinski definition) is 6. The van der Waals surface area contributed by atoms with Gasteiger partial charge in [0, 0.05) is 63.8 Å². The van der Waals surface area contributed by atoms with Crippen LogP contribution in [0.3, 0.4) is 0 Å². The predicted molar refractivity (Wildman–Crippen MR) is 92.1 cm³/mol. The molecule has 6 heteroatoms. The van der Waals surface area contributed by atoms with Gasteiger partial charge in [-0.3, -0.25) is 9.80 Å². The number of methoxy groups -OCH3 is 2. The average molecular weight is 328 g/mol. The van der Waals surface area contributed by atoms with Gasteiger partial charge in [0.15, 0.2) is 0 Å². The van der Waals surface area contributed by atoms with E-state index in [0.717, 1.165) is 39.3 Å². The molecular formula is C18H24N4O2. The Morgan fingerprint density at radius 1 is 0.750 bits per heavy atom. The van der Waals surface area contributed by atoms with E-state index >= 15 is 0 Å². The molecule has 0 radical (unpaired) electrons. The number of aromatic nitrogens is 2. The van der Waals surface area contributed by atoms with Gasteiger partial charge < -0.3 is 9.47 Å². The molecule has 1 aliphatic heterocycles. The minimum atomic E-state index is 0.664. The maximum atomic E-state index is 5.10. The summed E-state index contributed by atoms with van der Waals surface area (Å²) >= 11 is 0. The van der Waals surface area contributed by atoms with Gasteiger partial charge in [0.25, 0.3) is 0 Å². The number of piperazine rings is 1. The van der Waals surface area contributed by atoms with Gasteiger partial charge >= 0.3 is 0 Å². The van der Waals surface area contributed by atoms with Gasteiger partial charge in [-0.2, -0.15) is 0 Å². The quantitative estimate of drug-likeness (QED) is 0.806. The van der Waals surface area contributed by atoms with E-state index in [0.29, 0.717) is 11.8 Å². The minimum absolute atomic E-state index is 0.664. The van der Waals surface area contributed by atoms with E-state index in [9.17, 15) is 0 Å². The Morgan fingerprint density at radius 3 is 1.46 bits per heavy atom. The van der Waals surface area contributed by atoms with Crippen molar-refractivity contribution in [3.8, 4) is 11.8 Å². The molecule has 0 aromatic carbocycles. The lowest BCUT2D eigenvalue weighted by molar-refractivity contribution is 0.122. The second-order valence-electron chi connectivity index (χ2n) is 5.97. The number of ether oxygens (including phenoxy) is 2. The Bertz CT molecular complexity index is 565. The molecule has 0 aliphatic carbocycles. The van der Waals surface area contributed by atoms with E-state index in [1.54, 1.807) is 14.2 Å². The molecule has 0 N–H and O–H groups in total. The van der Waals surface area contributed by atoms with E-state index in [1.807, 2.05) is 24.5 Å². The van der Waals surface area contributed by atoms with Crippen LogP contribution in [0.4, 0.5) is 0 Å². The van der Waals surface area contributed by atoms with Crippen molar-refractivity contribution in [3.63, 3.8) is 0 Å². The summed E-state index contributed by atoms with van der Waals surface area (Å²) in [4.78, 5) is 13.5. The van der Waals surface area contributed by atoms with Gasteiger partial charge in [0.1, 0.15) is 0 Å². The molecule has 0 bridgehead atoms. The van der Waals surface area contributed by atoms with Crippen LogP contribution in [-0.4, -0.2) is 60.2 Å². The van der Waals surface area contributed by atoms with E-state index in [1.165, 1.54) is 11.1 Å². The lowest BCUT2D eigenvalue weighted by atomic mass is 10.2. The SMILES string of the molecule is COc1ccc(CN2CCN(Cc3ccc(OC)nc3)CC2)cn1. The Morgan fingerprint density at radius 2 is 1.17 bits per heavy atom. The smallest absolute Gasteiger partial charge is 0.212 e. The summed E-state index contributed by atoms with van der Waals surface area (Å²) in [6.45, 7) is 6.14. The number of nitrogens with zero attached hydrogens (tertiary/aromatic N) is 4. The van der Waals surface area contributed by atoms with Gasteiger partial charge in [0.2, 0.25) is 11.8 Å². The van der Waals surface area contributed by atoms with Crippen molar-refractivity contribution in [2.24, 2.45) is 0 Å². The number of rotatable bonds is 6. The van der Waals surface area contributed by atoms with E-state index in [4.69, 9.17) is 9.47 Å². The zero-order chi connectivity index (χ0) is 16.8. The summed E-state index contributed by atoms with van der Waals surface area (Å²) in [6, 6.07) is 8.01. The lowest BCUT2D eigenvalue weighted by Crippen LogP contribution is -2.45. The zero-order valence-corrected chi connectivity index (χ0v) is 14.3. The first-order chi connectivity index (χ1) is 11.8. The van der Waals surface area contributed by atoms with Crippen LogP contribution in [0, 0.1) is 0 Å². The molecule has 3 rings (SSSR count). The van der Waals surface area contributed by atoms with Crippen molar-refractivity contribution < 1.29 is 9.47 Å². The average Bonchev–Trinajstić information content (AvgIpc) is 2.65. The highest BCUT2D eigenvalue weighted by atomic mass is 16.5. The van der Waals surface area contributed by atoms with Gasteiger partial charge in [0.05, 0.1) is 14.2 Å². The normalized spacial score (nSPS) is 16.1. The molecule has 2 aromatic rings. The van der Waals surface area contributed by atoms with E-state index < -0.39 is 0 Å². The molecule has 1 fully saturated rings. The second kappa shape index (κ2) is 8.08. The topological polar surface area (TPSA) is 50.7 Å². The molecule has 2 aromatic heterocycles. The third kappa shape index (κ3) is 4.43. The fraction of sp³-hybridized carbons (Fsp3) is 0.444. The second-order valence-corrected chi connectivity index (χ2v) is 5.97. The summed E-state index contributed by atoms with van der Waals surface area (Å²) in [6.07, 6.45) is 3.79. The van der Waals surface area contributed by atoms with Crippen LogP contribution in [0.2, 0.25) is 0 Å². The standard InChI is InChI=1S/C18H24N4O2/c1-23-17-5-3-15(11-19-17)13-21-7-9-22(10-8-21)14-16-4-6-18(24-2)20-12-16/h3-6,11-12H,7-10,13-14H2,1-2H3. The van der Waals surface area contributed by atoms with Crippen LogP contribution in [0.5, 0.6) is 11.8 Å². The highest BCUT2D eigenvalue weighted by molar-refractivity contribution is 5.18. The molecule has 0 atom stereocenters. The summed E-state index contributed by atoms with van der Waals surface area (Å²) in [5.41, 5.74) is 2.45. The molecule has 0 unspecified atom stereocenters. The number of pyridine rings is 2. The molecule has 24 heavy (non-hydrogen) atoms. The maximum absolute atomic E-state index is 5.10. The van der Waals surface area contributed by atoms with Crippen molar-refractivity contribution in [2.45, 2.75) is 13.1 Å². The van der Waals surface area contributed by atoms with Gasteiger partial charge in [-0.1, -0.05) is 12.1 Å². The minimum Gasteiger partial charge on any atom is -0.481 e. The predicted octanol–water partition coefficient (Wildman–Crippen LogP) is 1.81. The number of hydrogen-bond donors (Lipinski definition) is 0. The van der Waals surface area contributed by atoms with Crippen LogP contribution in [0.1, 0.15) is 11.1 Å². The van der Waals surface area contributed by atoms with Crippen molar-refractivity contribution >= 4 is 0 Å². The molecule has 128 valence electrons. The van der Waals surface area contributed by atoms with Gasteiger partial charge in [-0.25, -0.2) is 9.97 Å². The van der Waals surface area contributed by atoms with Gasteiger partial charge in [-0.15, -0.1) is 0 Å². The molecule has 0 spiro atoms. The molecular weight excluding hydrogens is 304 g/mol. The Hall–Kier alpha value is -2.18. The first-order valence-electron chi connectivity index (χ1n) is 8.19. The molecule has 6 nitrogen and oxygen atoms in total. The first kappa shape index (κ1) is 16.7.